The number of fused-ring (bicyclic) bond motifs is 4. The molecule has 0 spiro atoms. The van der Waals surface area contributed by atoms with E-state index in [0.29, 0.717) is 68.7 Å². The SMILES string of the molecule is Nc1ccc(C[C@@H](NC(=O)N2CCC(N3Cc4ccccc4NC3=O)CC2)C(=O)N2CCN(C3CN4CCC3CC4)CC2)cc1Cl. The van der Waals surface area contributed by atoms with Gasteiger partial charge in [0.15, 0.2) is 0 Å². The average molecular weight is 649 g/mol. The van der Waals surface area contributed by atoms with Crippen LogP contribution in [0.2, 0.25) is 5.02 Å². The third kappa shape index (κ3) is 6.50. The number of nitrogens with one attached hydrogen (secondary N) is 2. The van der Waals surface area contributed by atoms with Crippen molar-refractivity contribution in [1.29, 1.82) is 0 Å². The Bertz CT molecular complexity index is 1450. The third-order valence-corrected chi connectivity index (χ3v) is 11.2. The molecule has 0 aliphatic carbocycles. The van der Waals surface area contributed by atoms with Gasteiger partial charge in [-0.25, -0.2) is 9.59 Å². The quantitative estimate of drug-likeness (QED) is 0.414. The van der Waals surface area contributed by atoms with Crippen LogP contribution in [0.3, 0.4) is 0 Å². The molecule has 11 nitrogen and oxygen atoms in total. The zero-order valence-electron chi connectivity index (χ0n) is 26.4. The number of benzene rings is 2. The highest BCUT2D eigenvalue weighted by atomic mass is 35.5. The van der Waals surface area contributed by atoms with E-state index in [-0.39, 0.29) is 24.0 Å². The average Bonchev–Trinajstić information content (AvgIpc) is 3.09. The number of nitrogen functional groups attached to an aromatic ring is 1. The predicted octanol–water partition coefficient (Wildman–Crippen LogP) is 3.29. The van der Waals surface area contributed by atoms with E-state index in [2.05, 4.69) is 20.4 Å². The Kier molecular flexibility index (Phi) is 8.98. The van der Waals surface area contributed by atoms with Gasteiger partial charge in [-0.1, -0.05) is 35.9 Å². The molecule has 0 aromatic heterocycles. The van der Waals surface area contributed by atoms with E-state index in [1.807, 2.05) is 40.1 Å². The Morgan fingerprint density at radius 1 is 0.935 bits per heavy atom. The number of nitrogens with two attached hydrogens (primary N) is 1. The molecule has 12 heteroatoms. The maximum absolute atomic E-state index is 14.0. The van der Waals surface area contributed by atoms with Gasteiger partial charge in [0.05, 0.1) is 10.7 Å². The van der Waals surface area contributed by atoms with Gasteiger partial charge in [-0.05, 0) is 74.0 Å². The fourth-order valence-electron chi connectivity index (χ4n) is 8.11. The van der Waals surface area contributed by atoms with Gasteiger partial charge in [0.1, 0.15) is 6.04 Å². The Labute approximate surface area is 276 Å². The summed E-state index contributed by atoms with van der Waals surface area (Å²) in [5, 5.41) is 6.52. The topological polar surface area (TPSA) is 117 Å². The lowest BCUT2D eigenvalue weighted by Crippen LogP contribution is -2.63. The summed E-state index contributed by atoms with van der Waals surface area (Å²) in [5.41, 5.74) is 9.23. The van der Waals surface area contributed by atoms with Gasteiger partial charge < -0.3 is 36.0 Å². The van der Waals surface area contributed by atoms with Crippen LogP contribution in [0.5, 0.6) is 0 Å². The van der Waals surface area contributed by atoms with E-state index in [1.54, 1.807) is 17.0 Å². The molecule has 4 N–H and O–H groups in total. The minimum atomic E-state index is -0.724. The lowest BCUT2D eigenvalue weighted by Gasteiger charge is -2.51. The fraction of sp³-hybridized carbons (Fsp3) is 0.559. The van der Waals surface area contributed by atoms with Crippen molar-refractivity contribution in [2.24, 2.45) is 5.92 Å². The second-order valence-electron chi connectivity index (χ2n) is 13.6. The molecule has 2 bridgehead atoms. The van der Waals surface area contributed by atoms with Crippen molar-refractivity contribution in [3.8, 4) is 0 Å². The summed E-state index contributed by atoms with van der Waals surface area (Å²) >= 11 is 6.33. The van der Waals surface area contributed by atoms with Crippen LogP contribution in [-0.2, 0) is 17.8 Å². The number of para-hydroxylation sites is 1. The number of piperazine rings is 1. The highest BCUT2D eigenvalue weighted by Gasteiger charge is 2.40. The monoisotopic (exact) mass is 648 g/mol. The molecule has 0 saturated carbocycles. The largest absolute Gasteiger partial charge is 0.398 e. The van der Waals surface area contributed by atoms with Crippen molar-refractivity contribution in [2.45, 2.75) is 56.8 Å². The van der Waals surface area contributed by atoms with E-state index in [1.165, 1.54) is 25.9 Å². The number of likely N-dealkylation sites (tertiary alicyclic amines) is 1. The molecule has 6 heterocycles. The number of piperidine rings is 4. The van der Waals surface area contributed by atoms with Gasteiger partial charge in [-0.15, -0.1) is 0 Å². The number of carbonyl (C=O) groups excluding carboxylic acids is 3. The molecule has 2 aromatic rings. The van der Waals surface area contributed by atoms with Crippen molar-refractivity contribution in [2.75, 3.05) is 70.0 Å². The first-order chi connectivity index (χ1) is 22.3. The third-order valence-electron chi connectivity index (χ3n) is 10.9. The van der Waals surface area contributed by atoms with Crippen molar-refractivity contribution in [3.63, 3.8) is 0 Å². The molecule has 5 fully saturated rings. The van der Waals surface area contributed by atoms with Gasteiger partial charge >= 0.3 is 12.1 Å². The first-order valence-corrected chi connectivity index (χ1v) is 17.2. The van der Waals surface area contributed by atoms with Crippen LogP contribution in [0.25, 0.3) is 0 Å². The van der Waals surface area contributed by atoms with Crippen molar-refractivity contribution >= 4 is 40.9 Å². The van der Waals surface area contributed by atoms with E-state index < -0.39 is 6.04 Å². The van der Waals surface area contributed by atoms with Crippen molar-refractivity contribution < 1.29 is 14.4 Å². The number of hydrogen-bond acceptors (Lipinski definition) is 6. The van der Waals surface area contributed by atoms with Crippen molar-refractivity contribution in [1.82, 2.24) is 29.8 Å². The van der Waals surface area contributed by atoms with Crippen molar-refractivity contribution in [3.05, 3.63) is 58.6 Å². The summed E-state index contributed by atoms with van der Waals surface area (Å²) in [4.78, 5) is 51.3. The van der Waals surface area contributed by atoms with Crippen LogP contribution in [-0.4, -0.2) is 119 Å². The molecule has 8 rings (SSSR count). The Morgan fingerprint density at radius 2 is 1.67 bits per heavy atom. The number of carbonyl (C=O) groups is 3. The Balaban J connectivity index is 0.979. The summed E-state index contributed by atoms with van der Waals surface area (Å²) in [7, 11) is 0. The zero-order chi connectivity index (χ0) is 31.8. The summed E-state index contributed by atoms with van der Waals surface area (Å²) in [5.74, 6) is 0.701. The van der Waals surface area contributed by atoms with Gasteiger partial charge in [0.2, 0.25) is 5.91 Å². The minimum Gasteiger partial charge on any atom is -0.398 e. The maximum atomic E-state index is 14.0. The number of rotatable bonds is 6. The minimum absolute atomic E-state index is 0.0410. The molecule has 5 amide bonds. The highest BCUT2D eigenvalue weighted by molar-refractivity contribution is 6.33. The lowest BCUT2D eigenvalue weighted by atomic mass is 9.83. The number of halogens is 1. The van der Waals surface area contributed by atoms with Gasteiger partial charge in [-0.3, -0.25) is 9.69 Å². The Hall–Kier alpha value is -3.54. The lowest BCUT2D eigenvalue weighted by molar-refractivity contribution is -0.136. The number of anilines is 2. The summed E-state index contributed by atoms with van der Waals surface area (Å²) < 4.78 is 0. The fourth-order valence-corrected chi connectivity index (χ4v) is 8.32. The summed E-state index contributed by atoms with van der Waals surface area (Å²) in [6.45, 7) is 8.19. The molecule has 5 saturated heterocycles. The first-order valence-electron chi connectivity index (χ1n) is 16.8. The first kappa shape index (κ1) is 31.1. The van der Waals surface area contributed by atoms with Gasteiger partial charge in [-0.2, -0.15) is 0 Å². The molecular formula is C34H45ClN8O3. The standard InChI is InChI=1S/C34H45ClN8O3/c35-27-19-23(5-6-28(27)36)20-30(32(44)41-17-15-40(16-18-41)31-22-39-11-7-24(31)8-12-39)38-33(45)42-13-9-26(10-14-42)43-21-25-3-1-2-4-29(25)37-34(43)46/h1-6,19,24,26,30-31H,7-18,20-22,36H2,(H,37,46)(H,38,45)/t30-,31?/m1/s1. The normalized spacial score (nSPS) is 26.0. The molecule has 0 radical (unpaired) electrons. The second-order valence-corrected chi connectivity index (χ2v) is 14.0. The second kappa shape index (κ2) is 13.3. The van der Waals surface area contributed by atoms with Crippen LogP contribution in [0, 0.1) is 5.92 Å². The van der Waals surface area contributed by atoms with E-state index in [9.17, 15) is 14.4 Å². The van der Waals surface area contributed by atoms with E-state index in [4.69, 9.17) is 17.3 Å². The predicted molar refractivity (Wildman–Crippen MR) is 179 cm³/mol. The van der Waals surface area contributed by atoms with Crippen LogP contribution in [0.1, 0.15) is 36.8 Å². The molecule has 246 valence electrons. The van der Waals surface area contributed by atoms with Gasteiger partial charge in [0.25, 0.3) is 0 Å². The van der Waals surface area contributed by atoms with Crippen LogP contribution >= 0.6 is 11.6 Å². The maximum Gasteiger partial charge on any atom is 0.322 e. The summed E-state index contributed by atoms with van der Waals surface area (Å²) in [6, 6.07) is 12.8. The number of hydrogen-bond donors (Lipinski definition) is 3. The molecule has 46 heavy (non-hydrogen) atoms. The molecule has 1 unspecified atom stereocenters. The van der Waals surface area contributed by atoms with E-state index >= 15 is 0 Å². The molecule has 2 aromatic carbocycles. The number of urea groups is 2. The molecular weight excluding hydrogens is 604 g/mol. The number of nitrogens with zero attached hydrogens (tertiary/aromatic N) is 5. The highest BCUT2D eigenvalue weighted by Crippen LogP contribution is 2.32. The Morgan fingerprint density at radius 3 is 2.37 bits per heavy atom. The smallest absolute Gasteiger partial charge is 0.322 e. The zero-order valence-corrected chi connectivity index (χ0v) is 27.1. The van der Waals surface area contributed by atoms with Gasteiger partial charge in [0, 0.05) is 76.5 Å². The summed E-state index contributed by atoms with van der Waals surface area (Å²) in [6.07, 6.45) is 4.23. The van der Waals surface area contributed by atoms with E-state index in [0.717, 1.165) is 42.4 Å². The molecule has 2 atom stereocenters. The van der Waals surface area contributed by atoms with Crippen LogP contribution in [0.4, 0.5) is 21.0 Å². The molecule has 6 aliphatic rings. The van der Waals surface area contributed by atoms with Crippen LogP contribution < -0.4 is 16.4 Å². The van der Waals surface area contributed by atoms with Crippen LogP contribution in [0.15, 0.2) is 42.5 Å². The number of amides is 5. The molecule has 6 aliphatic heterocycles.